The van der Waals surface area contributed by atoms with Crippen LogP contribution in [0.4, 0.5) is 0 Å². The molecule has 16 heavy (non-hydrogen) atoms. The van der Waals surface area contributed by atoms with Crippen LogP contribution in [0.2, 0.25) is 0 Å². The Balaban J connectivity index is 2.75. The van der Waals surface area contributed by atoms with Crippen LogP contribution in [0.3, 0.4) is 0 Å². The fourth-order valence-corrected chi connectivity index (χ4v) is 1.04. The average molecular weight is 212 g/mol. The predicted octanol–water partition coefficient (Wildman–Crippen LogP) is 2.92. The van der Waals surface area contributed by atoms with Crippen molar-refractivity contribution in [2.45, 2.75) is 0 Å². The van der Waals surface area contributed by atoms with Crippen molar-refractivity contribution in [3.8, 4) is 0 Å². The Morgan fingerprint density at radius 2 is 1.19 bits per heavy atom. The summed E-state index contributed by atoms with van der Waals surface area (Å²) in [7, 11) is 0. The smallest absolute Gasteiger partial charge is 0.0585 e. The van der Waals surface area contributed by atoms with Gasteiger partial charge in [-0.2, -0.15) is 0 Å². The Bertz CT molecular complexity index is 355. The second kappa shape index (κ2) is 7.35. The average Bonchev–Trinajstić information content (AvgIpc) is 2.28. The number of rotatable bonds is 0. The van der Waals surface area contributed by atoms with Gasteiger partial charge < -0.3 is 0 Å². The zero-order valence-corrected chi connectivity index (χ0v) is 9.34. The molecule has 0 aromatic rings. The molecular formula is C14H16N2. The van der Waals surface area contributed by atoms with Crippen LogP contribution in [0.15, 0.2) is 70.7 Å². The highest BCUT2D eigenvalue weighted by Gasteiger charge is 1.83. The van der Waals surface area contributed by atoms with E-state index in [1.807, 2.05) is 36.5 Å². The normalized spacial score (nSPS) is 27.8. The van der Waals surface area contributed by atoms with Gasteiger partial charge in [0.1, 0.15) is 0 Å². The van der Waals surface area contributed by atoms with E-state index in [9.17, 15) is 0 Å². The van der Waals surface area contributed by atoms with Gasteiger partial charge >= 0.3 is 0 Å². The number of hydrogen-bond acceptors (Lipinski definition) is 2. The molecule has 2 nitrogen and oxygen atoms in total. The largest absolute Gasteiger partial charge is 0.291 e. The van der Waals surface area contributed by atoms with Gasteiger partial charge in [0, 0.05) is 12.4 Å². The molecule has 1 heterocycles. The van der Waals surface area contributed by atoms with Crippen molar-refractivity contribution >= 4 is 12.4 Å². The molecule has 0 fully saturated rings. The molecule has 0 bridgehead atoms. The minimum atomic E-state index is 0.706. The van der Waals surface area contributed by atoms with Gasteiger partial charge in [0.05, 0.1) is 13.1 Å². The summed E-state index contributed by atoms with van der Waals surface area (Å²) < 4.78 is 0. The minimum absolute atomic E-state index is 0.706. The summed E-state index contributed by atoms with van der Waals surface area (Å²) in [5, 5.41) is 0. The van der Waals surface area contributed by atoms with Gasteiger partial charge in [0.2, 0.25) is 0 Å². The third-order valence-corrected chi connectivity index (χ3v) is 1.87. The molecule has 0 N–H and O–H groups in total. The molecule has 0 amide bonds. The van der Waals surface area contributed by atoms with Gasteiger partial charge in [-0.3, -0.25) is 9.98 Å². The lowest BCUT2D eigenvalue weighted by Gasteiger charge is -1.92. The first-order valence-corrected chi connectivity index (χ1v) is 5.18. The molecule has 82 valence electrons. The molecular weight excluding hydrogens is 196 g/mol. The van der Waals surface area contributed by atoms with Crippen LogP contribution >= 0.6 is 0 Å². The Morgan fingerprint density at radius 1 is 0.750 bits per heavy atom. The maximum absolute atomic E-state index is 4.18. The molecule has 0 atom stereocenters. The Hall–Kier alpha value is -1.96. The topological polar surface area (TPSA) is 24.7 Å². The molecule has 0 radical (unpaired) electrons. The maximum atomic E-state index is 4.18. The van der Waals surface area contributed by atoms with Gasteiger partial charge in [0.25, 0.3) is 0 Å². The first-order valence-electron chi connectivity index (χ1n) is 5.18. The lowest BCUT2D eigenvalue weighted by Crippen LogP contribution is -1.86. The summed E-state index contributed by atoms with van der Waals surface area (Å²) in [6, 6.07) is 0. The van der Waals surface area contributed by atoms with E-state index in [2.05, 4.69) is 23.1 Å². The van der Waals surface area contributed by atoms with E-state index in [0.717, 1.165) is 11.1 Å². The van der Waals surface area contributed by atoms with Crippen LogP contribution in [-0.4, -0.2) is 25.5 Å². The Labute approximate surface area is 96.8 Å². The quantitative estimate of drug-likeness (QED) is 0.590. The van der Waals surface area contributed by atoms with Gasteiger partial charge in [-0.15, -0.1) is 0 Å². The molecule has 0 saturated carbocycles. The van der Waals surface area contributed by atoms with Crippen LogP contribution in [0, 0.1) is 0 Å². The highest BCUT2D eigenvalue weighted by atomic mass is 14.8. The van der Waals surface area contributed by atoms with Crippen molar-refractivity contribution in [1.82, 2.24) is 0 Å². The van der Waals surface area contributed by atoms with Gasteiger partial charge in [-0.25, -0.2) is 0 Å². The molecule has 0 aromatic carbocycles. The standard InChI is InChI=1S/C14H16N2/c1-13-5-3-9-15-11-12-16-10-4-6-14(2)8-7-13/h3-10H,1-2,11-12H2/b5-3-,6-4-,8-7-,15-9-,16-10-. The predicted molar refractivity (Wildman–Crippen MR) is 72.4 cm³/mol. The van der Waals surface area contributed by atoms with E-state index in [1.54, 1.807) is 12.4 Å². The highest BCUT2D eigenvalue weighted by Crippen LogP contribution is 2.01. The lowest BCUT2D eigenvalue weighted by atomic mass is 10.2. The molecule has 1 aliphatic heterocycles. The van der Waals surface area contributed by atoms with E-state index in [0.29, 0.717) is 13.1 Å². The van der Waals surface area contributed by atoms with E-state index in [1.165, 1.54) is 0 Å². The Kier molecular flexibility index (Phi) is 5.56. The van der Waals surface area contributed by atoms with Crippen molar-refractivity contribution in [1.29, 1.82) is 0 Å². The second-order valence-electron chi connectivity index (χ2n) is 3.31. The molecule has 1 aliphatic rings. The van der Waals surface area contributed by atoms with Crippen LogP contribution in [0.5, 0.6) is 0 Å². The summed E-state index contributed by atoms with van der Waals surface area (Å²) in [5.74, 6) is 0. The SMILES string of the molecule is C=C1/C=C\C=N/CC/N=C\C=C/C(=C)/C=C\1. The fraction of sp³-hybridized carbons (Fsp3) is 0.143. The second-order valence-corrected chi connectivity index (χ2v) is 3.31. The summed E-state index contributed by atoms with van der Waals surface area (Å²) in [4.78, 5) is 8.35. The summed E-state index contributed by atoms with van der Waals surface area (Å²) in [5.41, 5.74) is 1.85. The molecule has 1 rings (SSSR count). The fourth-order valence-electron chi connectivity index (χ4n) is 1.04. The summed E-state index contributed by atoms with van der Waals surface area (Å²) in [6.45, 7) is 9.20. The summed E-state index contributed by atoms with van der Waals surface area (Å²) in [6.07, 6.45) is 14.9. The molecule has 0 saturated heterocycles. The van der Waals surface area contributed by atoms with Crippen molar-refractivity contribution in [3.05, 3.63) is 60.8 Å². The van der Waals surface area contributed by atoms with Crippen molar-refractivity contribution in [2.24, 2.45) is 9.98 Å². The third-order valence-electron chi connectivity index (χ3n) is 1.87. The maximum Gasteiger partial charge on any atom is 0.0585 e. The first-order chi connectivity index (χ1) is 7.79. The van der Waals surface area contributed by atoms with E-state index in [-0.39, 0.29) is 0 Å². The molecule has 0 aliphatic carbocycles. The Morgan fingerprint density at radius 3 is 1.62 bits per heavy atom. The van der Waals surface area contributed by atoms with Gasteiger partial charge in [-0.05, 0) is 23.3 Å². The monoisotopic (exact) mass is 212 g/mol. The zero-order chi connectivity index (χ0) is 11.6. The number of aliphatic imine (C=N–C) groups is 2. The minimum Gasteiger partial charge on any atom is -0.291 e. The highest BCUT2D eigenvalue weighted by molar-refractivity contribution is 5.73. The van der Waals surface area contributed by atoms with E-state index >= 15 is 0 Å². The molecule has 0 spiro atoms. The van der Waals surface area contributed by atoms with Crippen LogP contribution < -0.4 is 0 Å². The number of nitrogens with zero attached hydrogens (tertiary/aromatic N) is 2. The van der Waals surface area contributed by atoms with Gasteiger partial charge in [-0.1, -0.05) is 37.5 Å². The first kappa shape index (κ1) is 12.1. The van der Waals surface area contributed by atoms with E-state index < -0.39 is 0 Å². The van der Waals surface area contributed by atoms with Crippen molar-refractivity contribution < 1.29 is 0 Å². The summed E-state index contributed by atoms with van der Waals surface area (Å²) >= 11 is 0. The molecule has 0 unspecified atom stereocenters. The van der Waals surface area contributed by atoms with E-state index in [4.69, 9.17) is 0 Å². The van der Waals surface area contributed by atoms with Crippen LogP contribution in [0.25, 0.3) is 0 Å². The van der Waals surface area contributed by atoms with Crippen LogP contribution in [0.1, 0.15) is 0 Å². The third kappa shape index (κ3) is 5.70. The molecule has 2 heteroatoms. The number of hydrogen-bond donors (Lipinski definition) is 0. The van der Waals surface area contributed by atoms with Gasteiger partial charge in [0.15, 0.2) is 0 Å². The number of allylic oxidation sites excluding steroid dienone is 8. The van der Waals surface area contributed by atoms with Crippen molar-refractivity contribution in [2.75, 3.05) is 13.1 Å². The lowest BCUT2D eigenvalue weighted by molar-refractivity contribution is 0.986. The zero-order valence-electron chi connectivity index (χ0n) is 9.34. The van der Waals surface area contributed by atoms with Crippen molar-refractivity contribution in [3.63, 3.8) is 0 Å². The van der Waals surface area contributed by atoms with Crippen LogP contribution in [-0.2, 0) is 0 Å². The molecule has 0 aromatic heterocycles.